The van der Waals surface area contributed by atoms with Crippen LogP contribution in [0.15, 0.2) is 35.5 Å². The molecule has 0 amide bonds. The molecule has 2 unspecified atom stereocenters. The van der Waals surface area contributed by atoms with Crippen LogP contribution in [0.5, 0.6) is 0 Å². The van der Waals surface area contributed by atoms with Crippen LogP contribution in [-0.4, -0.2) is 84.6 Å². The number of pyridine rings is 3. The van der Waals surface area contributed by atoms with Crippen molar-refractivity contribution >= 4 is 47.1 Å². The summed E-state index contributed by atoms with van der Waals surface area (Å²) in [6.45, 7) is 1.37. The van der Waals surface area contributed by atoms with Gasteiger partial charge < -0.3 is 39.1 Å². The number of carbonyl (C=O) groups is 1. The number of nitrogens with one attached hydrogen (secondary N) is 1. The van der Waals surface area contributed by atoms with Gasteiger partial charge in [0.25, 0.3) is 0 Å². The zero-order valence-corrected chi connectivity index (χ0v) is 26.3. The zero-order chi connectivity index (χ0) is 33.5. The van der Waals surface area contributed by atoms with Crippen LogP contribution in [0.3, 0.4) is 0 Å². The summed E-state index contributed by atoms with van der Waals surface area (Å²) in [6, 6.07) is 2.45. The first kappa shape index (κ1) is 31.1. The molecule has 0 bridgehead atoms. The van der Waals surface area contributed by atoms with E-state index in [-0.39, 0.29) is 51.0 Å². The number of nitrogens with zero attached hydrogens (tertiary/aromatic N) is 6. The highest BCUT2D eigenvalue weighted by atomic mass is 31.2. The maximum absolute atomic E-state index is 16.0. The van der Waals surface area contributed by atoms with Gasteiger partial charge in [-0.1, -0.05) is 0 Å². The average Bonchev–Trinajstić information content (AvgIpc) is 3.71. The summed E-state index contributed by atoms with van der Waals surface area (Å²) in [5.41, 5.74) is 0.639. The van der Waals surface area contributed by atoms with Crippen LogP contribution in [0, 0.1) is 17.6 Å². The number of aryl methyl sites for hydroxylation is 1. The lowest BCUT2D eigenvalue weighted by molar-refractivity contribution is 0.0694. The van der Waals surface area contributed by atoms with Gasteiger partial charge in [-0.05, 0) is 25.5 Å². The Hall–Kier alpha value is -4.47. The van der Waals surface area contributed by atoms with Gasteiger partial charge >= 0.3 is 13.8 Å². The van der Waals surface area contributed by atoms with Crippen LogP contribution in [0.2, 0.25) is 0 Å². The monoisotopic (exact) mass is 669 g/mol. The van der Waals surface area contributed by atoms with Crippen molar-refractivity contribution in [2.45, 2.75) is 19.2 Å². The number of carboxylic acids is 1. The summed E-state index contributed by atoms with van der Waals surface area (Å²) in [6.07, 6.45) is 5.00. The van der Waals surface area contributed by atoms with Gasteiger partial charge in [-0.2, -0.15) is 0 Å². The molecule has 0 radical (unpaired) electrons. The van der Waals surface area contributed by atoms with Crippen molar-refractivity contribution in [1.29, 1.82) is 0 Å². The second-order valence-electron chi connectivity index (χ2n) is 12.0. The van der Waals surface area contributed by atoms with E-state index in [0.717, 1.165) is 19.0 Å². The minimum atomic E-state index is -5.00. The van der Waals surface area contributed by atoms with Gasteiger partial charge in [0.2, 0.25) is 5.43 Å². The quantitative estimate of drug-likeness (QED) is 0.187. The van der Waals surface area contributed by atoms with Crippen LogP contribution in [0.4, 0.5) is 20.2 Å². The lowest BCUT2D eigenvalue weighted by atomic mass is 9.97. The van der Waals surface area contributed by atoms with Crippen molar-refractivity contribution in [3.63, 3.8) is 0 Å². The molecular formula is C30H30F2N7O7P. The number of likely N-dealkylation sites (tertiary alicyclic amines) is 1. The number of anilines is 2. The number of carboxylic acid groups (broad SMARTS) is 1. The second-order valence-corrected chi connectivity index (χ2v) is 13.3. The van der Waals surface area contributed by atoms with Crippen LogP contribution in [0.1, 0.15) is 16.8 Å². The minimum absolute atomic E-state index is 0.00838. The van der Waals surface area contributed by atoms with E-state index >= 15 is 8.78 Å². The zero-order valence-electron chi connectivity index (χ0n) is 25.4. The molecule has 246 valence electrons. The fraction of sp³-hybridized carbons (Fsp3) is 0.333. The summed E-state index contributed by atoms with van der Waals surface area (Å²) < 4.78 is 50.6. The molecule has 0 spiro atoms. The van der Waals surface area contributed by atoms with Gasteiger partial charge in [0.05, 0.1) is 33.2 Å². The molecule has 47 heavy (non-hydrogen) atoms. The van der Waals surface area contributed by atoms with Crippen LogP contribution >= 0.6 is 7.82 Å². The molecule has 14 nitrogen and oxygen atoms in total. The molecule has 2 fully saturated rings. The molecule has 17 heteroatoms. The van der Waals surface area contributed by atoms with Crippen molar-refractivity contribution in [2.24, 2.45) is 13.0 Å². The number of aromatic nitrogens is 4. The van der Waals surface area contributed by atoms with Gasteiger partial charge in [0, 0.05) is 75.6 Å². The lowest BCUT2D eigenvalue weighted by Gasteiger charge is -2.32. The number of benzene rings is 1. The first-order valence-electron chi connectivity index (χ1n) is 14.7. The number of rotatable bonds is 7. The predicted octanol–water partition coefficient (Wildman–Crippen LogP) is 3.28. The van der Waals surface area contributed by atoms with E-state index in [9.17, 15) is 29.0 Å². The first-order valence-corrected chi connectivity index (χ1v) is 16.2. The summed E-state index contributed by atoms with van der Waals surface area (Å²) >= 11 is 0. The molecule has 2 saturated heterocycles. The topological polar surface area (TPSA) is 175 Å². The Kier molecular flexibility index (Phi) is 7.33. The van der Waals surface area contributed by atoms with Crippen molar-refractivity contribution < 1.29 is 37.6 Å². The van der Waals surface area contributed by atoms with Gasteiger partial charge in [-0.3, -0.25) is 9.32 Å². The molecule has 4 aliphatic heterocycles. The average molecular weight is 670 g/mol. The van der Waals surface area contributed by atoms with E-state index in [0.29, 0.717) is 29.9 Å². The SMILES string of the molecule is CNc1cc(F)c(F)c2c3c(N4CCC5CN(C)CC54)c(-c4cnc5c(c4)c(=O)c(C(=O)O)cn5C)cn(COP(=O)(O)O)c-3nc12. The molecule has 7 rings (SSSR count). The molecule has 3 aromatic rings. The molecular weight excluding hydrogens is 639 g/mol. The Morgan fingerprint density at radius 3 is 2.66 bits per heavy atom. The second kappa shape index (κ2) is 11.1. The number of phosphoric acid groups is 1. The predicted molar refractivity (Wildman–Crippen MR) is 169 cm³/mol. The first-order chi connectivity index (χ1) is 22.3. The van der Waals surface area contributed by atoms with Gasteiger partial charge in [0.15, 0.2) is 11.6 Å². The van der Waals surface area contributed by atoms with E-state index < -0.39 is 43.1 Å². The summed E-state index contributed by atoms with van der Waals surface area (Å²) in [5.74, 6) is -3.33. The van der Waals surface area contributed by atoms with Crippen molar-refractivity contribution in [3.05, 3.63) is 58.1 Å². The fourth-order valence-corrected chi connectivity index (χ4v) is 7.40. The largest absolute Gasteiger partial charge is 0.477 e. The van der Waals surface area contributed by atoms with Gasteiger partial charge in [0.1, 0.15) is 23.8 Å². The summed E-state index contributed by atoms with van der Waals surface area (Å²) in [5, 5.41) is 12.4. The van der Waals surface area contributed by atoms with E-state index in [1.165, 1.54) is 40.8 Å². The standard InChI is InChI=1S/C30H30F2N7O7P/c1-33-20-7-19(31)24(32)22-23-26(39-5-4-14-9-36(2)12-21(14)39)17(11-38(13-46-47(43,44)45)29(23)35-25(20)22)15-6-16-27(40)18(30(41)42)10-37(3)28(16)34-8-15/h6-8,10-11,14,21,33H,4-5,9,12-13H2,1-3H3,(H,41,42)(H2,43,44,45). The third-order valence-corrected chi connectivity index (χ3v) is 9.59. The molecule has 2 atom stereocenters. The van der Waals surface area contributed by atoms with E-state index in [1.807, 2.05) is 7.05 Å². The summed E-state index contributed by atoms with van der Waals surface area (Å²) in [4.78, 5) is 57.8. The van der Waals surface area contributed by atoms with Crippen molar-refractivity contribution in [2.75, 3.05) is 43.9 Å². The van der Waals surface area contributed by atoms with Crippen molar-refractivity contribution in [1.82, 2.24) is 24.0 Å². The van der Waals surface area contributed by atoms with E-state index in [1.54, 1.807) is 7.05 Å². The Balaban J connectivity index is 1.61. The number of aromatic carboxylic acids is 1. The number of likely N-dealkylation sites (N-methyl/N-ethyl adjacent to an activating group) is 1. The summed E-state index contributed by atoms with van der Waals surface area (Å²) in [7, 11) is 0.0992. The van der Waals surface area contributed by atoms with Crippen LogP contribution in [0.25, 0.3) is 44.5 Å². The Morgan fingerprint density at radius 2 is 1.96 bits per heavy atom. The number of halogens is 2. The Labute approximate surface area is 265 Å². The van der Waals surface area contributed by atoms with Crippen LogP contribution in [-0.2, 0) is 22.9 Å². The third kappa shape index (κ3) is 5.03. The lowest BCUT2D eigenvalue weighted by Crippen LogP contribution is -2.35. The minimum Gasteiger partial charge on any atom is -0.477 e. The highest BCUT2D eigenvalue weighted by Crippen LogP contribution is 2.51. The highest BCUT2D eigenvalue weighted by molar-refractivity contribution is 7.46. The number of hydrogen-bond donors (Lipinski definition) is 4. The van der Waals surface area contributed by atoms with Gasteiger partial charge in [-0.25, -0.2) is 28.1 Å². The molecule has 4 aliphatic rings. The number of fused-ring (bicyclic) bond motifs is 5. The normalized spacial score (nSPS) is 18.6. The number of hydrogen-bond acceptors (Lipinski definition) is 9. The van der Waals surface area contributed by atoms with E-state index in [2.05, 4.69) is 25.1 Å². The molecule has 0 saturated carbocycles. The fourth-order valence-electron chi connectivity index (χ4n) is 7.13. The molecule has 0 aliphatic carbocycles. The highest BCUT2D eigenvalue weighted by Gasteiger charge is 2.43. The molecule has 2 aromatic heterocycles. The van der Waals surface area contributed by atoms with E-state index in [4.69, 9.17) is 4.52 Å². The smallest absolute Gasteiger partial charge is 0.471 e. The van der Waals surface area contributed by atoms with Crippen molar-refractivity contribution in [3.8, 4) is 22.5 Å². The maximum Gasteiger partial charge on any atom is 0.471 e. The molecule has 6 heterocycles. The Morgan fingerprint density at radius 1 is 1.19 bits per heavy atom. The maximum atomic E-state index is 16.0. The third-order valence-electron chi connectivity index (χ3n) is 9.14. The van der Waals surface area contributed by atoms with Gasteiger partial charge in [-0.15, -0.1) is 0 Å². The Bertz CT molecular complexity index is 2200. The van der Waals surface area contributed by atoms with Crippen LogP contribution < -0.4 is 15.6 Å². The molecule has 4 N–H and O–H groups in total. The molecule has 1 aromatic carbocycles. The number of phosphoric ester groups is 1.